The Kier molecular flexibility index (Phi) is 8.19. The topological polar surface area (TPSA) is 61.8 Å². The molecule has 2 heterocycles. The lowest BCUT2D eigenvalue weighted by atomic mass is 9.68. The maximum Gasteiger partial charge on any atom is 0.416 e. The Balaban J connectivity index is 1.51. The van der Waals surface area contributed by atoms with E-state index in [1.165, 1.54) is 25.1 Å². The maximum absolute atomic E-state index is 14.1. The molecule has 1 aliphatic carbocycles. The van der Waals surface area contributed by atoms with Crippen LogP contribution in [-0.2, 0) is 21.9 Å². The zero-order chi connectivity index (χ0) is 30.6. The minimum absolute atomic E-state index is 0.0482. The molecule has 1 saturated carbocycles. The Labute approximate surface area is 238 Å². The van der Waals surface area contributed by atoms with Gasteiger partial charge >= 0.3 is 12.4 Å². The summed E-state index contributed by atoms with van der Waals surface area (Å²) < 4.78 is 101. The summed E-state index contributed by atoms with van der Waals surface area (Å²) in [5.41, 5.74) is -1.24. The Morgan fingerprint density at radius 1 is 1.00 bits per heavy atom. The number of carbonyl (C=O) groups is 1. The molecular formula is C30H31F7N2O3. The molecule has 5 rings (SSSR count). The number of nitrogens with zero attached hydrogens (tertiary/aromatic N) is 1. The van der Waals surface area contributed by atoms with Crippen molar-refractivity contribution in [1.82, 2.24) is 10.2 Å². The van der Waals surface area contributed by atoms with E-state index in [2.05, 4.69) is 5.32 Å². The third-order valence-corrected chi connectivity index (χ3v) is 8.63. The lowest BCUT2D eigenvalue weighted by molar-refractivity contribution is -0.143. The minimum atomic E-state index is -5.00. The van der Waals surface area contributed by atoms with Gasteiger partial charge in [0.05, 0.1) is 29.9 Å². The second-order valence-corrected chi connectivity index (χ2v) is 11.4. The Hall–Kier alpha value is -2.96. The number of rotatable bonds is 5. The van der Waals surface area contributed by atoms with E-state index >= 15 is 0 Å². The Morgan fingerprint density at radius 3 is 2.26 bits per heavy atom. The number of hydrogen-bond donors (Lipinski definition) is 2. The molecule has 6 atom stereocenters. The van der Waals surface area contributed by atoms with Crippen molar-refractivity contribution < 1.29 is 45.4 Å². The smallest absolute Gasteiger partial charge is 0.373 e. The number of nitrogens with one attached hydrogen (secondary N) is 1. The van der Waals surface area contributed by atoms with Crippen LogP contribution in [0.2, 0.25) is 0 Å². The van der Waals surface area contributed by atoms with Crippen molar-refractivity contribution >= 4 is 5.78 Å². The van der Waals surface area contributed by atoms with Gasteiger partial charge < -0.3 is 20.1 Å². The minimum Gasteiger partial charge on any atom is -0.373 e. The first-order valence-corrected chi connectivity index (χ1v) is 13.7. The number of ketones is 1. The summed E-state index contributed by atoms with van der Waals surface area (Å²) in [7, 11) is 0. The zero-order valence-electron chi connectivity index (χ0n) is 22.9. The SMILES string of the molecule is Cc1cc(F)ccc1[C@H]1[C@@H]2C(O)N(C3=CC(=O)CNC3)C[C@H]2CC[C@@H]1O[C@H](C)c1cc(C(F)(F)F)cc(C(F)(F)F)c1. The third kappa shape index (κ3) is 6.07. The number of halogens is 7. The highest BCUT2D eigenvalue weighted by atomic mass is 19.4. The number of aliphatic hydroxyl groups excluding tert-OH is 1. The van der Waals surface area contributed by atoms with Gasteiger partial charge in [-0.05, 0) is 79.6 Å². The molecule has 2 fully saturated rings. The maximum atomic E-state index is 14.1. The number of likely N-dealkylation sites (tertiary alicyclic amines) is 1. The quantitative estimate of drug-likeness (QED) is 0.406. The summed E-state index contributed by atoms with van der Waals surface area (Å²) >= 11 is 0. The van der Waals surface area contributed by atoms with E-state index in [1.54, 1.807) is 17.9 Å². The summed E-state index contributed by atoms with van der Waals surface area (Å²) in [5.74, 6) is -1.65. The number of aliphatic hydroxyl groups is 1. The number of fused-ring (bicyclic) bond motifs is 1. The van der Waals surface area contributed by atoms with Gasteiger partial charge in [0.2, 0.25) is 0 Å². The zero-order valence-corrected chi connectivity index (χ0v) is 22.9. The van der Waals surface area contributed by atoms with Crippen LogP contribution >= 0.6 is 0 Å². The molecule has 0 aromatic heterocycles. The number of benzene rings is 2. The first-order valence-electron chi connectivity index (χ1n) is 13.7. The highest BCUT2D eigenvalue weighted by Gasteiger charge is 2.52. The van der Waals surface area contributed by atoms with E-state index in [0.717, 1.165) is 0 Å². The highest BCUT2D eigenvalue weighted by Crippen LogP contribution is 2.51. The van der Waals surface area contributed by atoms with Crippen LogP contribution in [0.5, 0.6) is 0 Å². The van der Waals surface area contributed by atoms with Gasteiger partial charge in [-0.2, -0.15) is 26.3 Å². The summed E-state index contributed by atoms with van der Waals surface area (Å²) in [4.78, 5) is 13.8. The molecule has 42 heavy (non-hydrogen) atoms. The molecule has 0 radical (unpaired) electrons. The van der Waals surface area contributed by atoms with Gasteiger partial charge in [-0.25, -0.2) is 4.39 Å². The largest absolute Gasteiger partial charge is 0.416 e. The van der Waals surface area contributed by atoms with Crippen LogP contribution in [0.1, 0.15) is 59.6 Å². The molecule has 12 heteroatoms. The fraction of sp³-hybridized carbons (Fsp3) is 0.500. The Bertz CT molecular complexity index is 1340. The molecule has 2 N–H and O–H groups in total. The van der Waals surface area contributed by atoms with E-state index in [1.807, 2.05) is 0 Å². The number of ether oxygens (including phenoxy) is 1. The van der Waals surface area contributed by atoms with E-state index in [9.17, 15) is 40.6 Å². The average molecular weight is 601 g/mol. The van der Waals surface area contributed by atoms with Crippen LogP contribution in [0.25, 0.3) is 0 Å². The lowest BCUT2D eigenvalue weighted by Crippen LogP contribution is -2.44. The Morgan fingerprint density at radius 2 is 1.67 bits per heavy atom. The normalized spacial score (nSPS) is 27.6. The average Bonchev–Trinajstić information content (AvgIpc) is 3.24. The molecule has 2 aliphatic heterocycles. The van der Waals surface area contributed by atoms with Crippen molar-refractivity contribution in [2.75, 3.05) is 19.6 Å². The van der Waals surface area contributed by atoms with Crippen molar-refractivity contribution in [1.29, 1.82) is 0 Å². The van der Waals surface area contributed by atoms with Crippen LogP contribution < -0.4 is 5.32 Å². The standard InChI is InChI=1S/C30H31F7N2O3/c1-15-7-21(31)4-5-24(15)27-25(6-3-17-14-39(28(41)26(17)27)22-11-23(40)13-38-12-22)42-16(2)18-8-19(29(32,33)34)10-20(9-18)30(35,36)37/h4-5,7-11,16-17,25-28,38,41H,3,6,12-14H2,1-2H3/t16-,17-,25+,26-,27-,28?/m1/s1. The highest BCUT2D eigenvalue weighted by molar-refractivity contribution is 5.92. The van der Waals surface area contributed by atoms with Gasteiger partial charge in [0.25, 0.3) is 0 Å². The van der Waals surface area contributed by atoms with Crippen molar-refractivity contribution in [3.63, 3.8) is 0 Å². The van der Waals surface area contributed by atoms with Crippen LogP contribution in [0.4, 0.5) is 30.7 Å². The first kappa shape index (κ1) is 30.5. The molecule has 0 amide bonds. The first-order chi connectivity index (χ1) is 19.6. The summed E-state index contributed by atoms with van der Waals surface area (Å²) in [6.07, 6.45) is -10.4. The van der Waals surface area contributed by atoms with Gasteiger partial charge in [0.15, 0.2) is 5.78 Å². The molecule has 228 valence electrons. The van der Waals surface area contributed by atoms with Gasteiger partial charge in [-0.1, -0.05) is 6.07 Å². The second-order valence-electron chi connectivity index (χ2n) is 11.4. The van der Waals surface area contributed by atoms with E-state index in [0.29, 0.717) is 54.9 Å². The van der Waals surface area contributed by atoms with E-state index < -0.39 is 59.6 Å². The molecular weight excluding hydrogens is 569 g/mol. The molecule has 1 saturated heterocycles. The predicted octanol–water partition coefficient (Wildman–Crippen LogP) is 6.12. The van der Waals surface area contributed by atoms with Crippen LogP contribution in [0.3, 0.4) is 0 Å². The third-order valence-electron chi connectivity index (χ3n) is 8.63. The summed E-state index contributed by atoms with van der Waals surface area (Å²) in [6, 6.07) is 5.61. The molecule has 2 aromatic carbocycles. The predicted molar refractivity (Wildman–Crippen MR) is 138 cm³/mol. The van der Waals surface area contributed by atoms with Crippen molar-refractivity contribution in [3.05, 3.63) is 81.8 Å². The number of hydrogen-bond acceptors (Lipinski definition) is 5. The summed E-state index contributed by atoms with van der Waals surface area (Å²) in [6.45, 7) is 4.13. The van der Waals surface area contributed by atoms with Gasteiger partial charge in [-0.15, -0.1) is 0 Å². The van der Waals surface area contributed by atoms with Crippen molar-refractivity contribution in [2.45, 2.75) is 63.4 Å². The summed E-state index contributed by atoms with van der Waals surface area (Å²) in [5, 5.41) is 14.6. The fourth-order valence-electron chi connectivity index (χ4n) is 6.70. The van der Waals surface area contributed by atoms with E-state index in [-0.39, 0.29) is 29.9 Å². The lowest BCUT2D eigenvalue weighted by Gasteiger charge is -2.42. The molecule has 5 nitrogen and oxygen atoms in total. The molecule has 3 aliphatic rings. The molecule has 1 unspecified atom stereocenters. The number of carbonyl (C=O) groups excluding carboxylic acids is 1. The van der Waals surface area contributed by atoms with Crippen LogP contribution in [0, 0.1) is 24.6 Å². The molecule has 0 spiro atoms. The fourth-order valence-corrected chi connectivity index (χ4v) is 6.70. The van der Waals surface area contributed by atoms with E-state index in [4.69, 9.17) is 4.74 Å². The molecule has 2 aromatic rings. The van der Waals surface area contributed by atoms with Gasteiger partial charge in [0.1, 0.15) is 12.0 Å². The molecule has 0 bridgehead atoms. The monoisotopic (exact) mass is 600 g/mol. The van der Waals surface area contributed by atoms with Gasteiger partial charge in [-0.3, -0.25) is 4.79 Å². The van der Waals surface area contributed by atoms with Gasteiger partial charge in [0, 0.05) is 36.7 Å². The van der Waals surface area contributed by atoms with Crippen LogP contribution in [-0.4, -0.2) is 47.8 Å². The van der Waals surface area contributed by atoms with Crippen molar-refractivity contribution in [3.8, 4) is 0 Å². The van der Waals surface area contributed by atoms with Crippen LogP contribution in [0.15, 0.2) is 48.2 Å². The number of alkyl halides is 6. The second kappa shape index (κ2) is 11.3. The van der Waals surface area contributed by atoms with Crippen molar-refractivity contribution in [2.24, 2.45) is 11.8 Å². The number of aryl methyl sites for hydroxylation is 1.